The van der Waals surface area contributed by atoms with Crippen LogP contribution in [0.15, 0.2) is 71.9 Å². The van der Waals surface area contributed by atoms with E-state index in [1.54, 1.807) is 0 Å². The van der Waals surface area contributed by atoms with E-state index in [4.69, 9.17) is 0 Å². The van der Waals surface area contributed by atoms with Crippen LogP contribution in [0.4, 0.5) is 0 Å². The van der Waals surface area contributed by atoms with E-state index in [9.17, 15) is 0 Å². The average molecular weight is 287 g/mol. The fourth-order valence-corrected chi connectivity index (χ4v) is 1.78. The van der Waals surface area contributed by atoms with Gasteiger partial charge in [0.05, 0.1) is 0 Å². The van der Waals surface area contributed by atoms with Crippen molar-refractivity contribution in [2.24, 2.45) is 0 Å². The zero-order valence-electron chi connectivity index (χ0n) is 14.9. The molecule has 0 N–H and O–H groups in total. The number of rotatable bonds is 4. The lowest BCUT2D eigenvalue weighted by Gasteiger charge is -2.13. The van der Waals surface area contributed by atoms with Crippen LogP contribution < -0.4 is 0 Å². The highest BCUT2D eigenvalue weighted by Gasteiger charge is 2.06. The summed E-state index contributed by atoms with van der Waals surface area (Å²) in [5.74, 6) is 0. The Balaban J connectivity index is 0. The lowest BCUT2D eigenvalue weighted by atomic mass is 9.92. The van der Waals surface area contributed by atoms with Gasteiger partial charge in [0.25, 0.3) is 0 Å². The van der Waals surface area contributed by atoms with Gasteiger partial charge in [-0.05, 0) is 43.4 Å². The van der Waals surface area contributed by atoms with E-state index < -0.39 is 0 Å². The van der Waals surface area contributed by atoms with Crippen LogP contribution in [0, 0.1) is 0 Å². The normalized spacial score (nSPS) is 14.7. The molecule has 0 heterocycles. The standard InChI is InChI=1S/C16H20.C3H8.C2H6/c1-4-6-13-16(14(3)10-5-2)15-11-8-7-9-12-15;1-3-2;1-2/h4-8,10-11,13H,2,9,12H2,1,3H3;3H2,1-2H3;1-2H3/b6-4+,14-10+,16-13-;;. The second-order valence-corrected chi connectivity index (χ2v) is 4.56. The molecule has 1 aliphatic carbocycles. The fraction of sp³-hybridized carbons (Fsp3) is 0.429. The van der Waals surface area contributed by atoms with Crippen molar-refractivity contribution in [3.63, 3.8) is 0 Å². The Morgan fingerprint density at radius 2 is 1.86 bits per heavy atom. The molecule has 0 aliphatic heterocycles. The summed E-state index contributed by atoms with van der Waals surface area (Å²) in [6.45, 7) is 16.2. The molecule has 0 unspecified atom stereocenters. The Morgan fingerprint density at radius 3 is 2.29 bits per heavy atom. The Labute approximate surface area is 133 Å². The lowest BCUT2D eigenvalue weighted by Crippen LogP contribution is -1.94. The van der Waals surface area contributed by atoms with Crippen LogP contribution in [0.1, 0.15) is 60.8 Å². The van der Waals surface area contributed by atoms with Gasteiger partial charge in [0.1, 0.15) is 0 Å². The Bertz CT molecular complexity index is 398. The zero-order valence-corrected chi connectivity index (χ0v) is 14.9. The molecule has 21 heavy (non-hydrogen) atoms. The summed E-state index contributed by atoms with van der Waals surface area (Å²) in [4.78, 5) is 0. The summed E-state index contributed by atoms with van der Waals surface area (Å²) in [6.07, 6.45) is 20.3. The van der Waals surface area contributed by atoms with Crippen molar-refractivity contribution in [2.45, 2.75) is 60.8 Å². The molecule has 0 heteroatoms. The van der Waals surface area contributed by atoms with E-state index in [-0.39, 0.29) is 0 Å². The van der Waals surface area contributed by atoms with Crippen molar-refractivity contribution >= 4 is 0 Å². The third-order valence-corrected chi connectivity index (χ3v) is 2.61. The summed E-state index contributed by atoms with van der Waals surface area (Å²) in [6, 6.07) is 0. The van der Waals surface area contributed by atoms with Gasteiger partial charge < -0.3 is 0 Å². The molecule has 0 radical (unpaired) electrons. The molecule has 118 valence electrons. The van der Waals surface area contributed by atoms with Crippen LogP contribution in [0.25, 0.3) is 0 Å². The fourth-order valence-electron chi connectivity index (χ4n) is 1.78. The molecule has 0 amide bonds. The van der Waals surface area contributed by atoms with Crippen LogP contribution in [-0.2, 0) is 0 Å². The van der Waals surface area contributed by atoms with E-state index in [1.165, 1.54) is 23.1 Å². The lowest BCUT2D eigenvalue weighted by molar-refractivity contribution is 0.971. The number of hydrogen-bond acceptors (Lipinski definition) is 0. The molecule has 0 atom stereocenters. The Hall–Kier alpha value is -1.56. The third kappa shape index (κ3) is 10.8. The molecular weight excluding hydrogens is 252 g/mol. The summed E-state index contributed by atoms with van der Waals surface area (Å²) < 4.78 is 0. The number of allylic oxidation sites excluding steroid dienone is 11. The summed E-state index contributed by atoms with van der Waals surface area (Å²) in [5, 5.41) is 0. The van der Waals surface area contributed by atoms with Gasteiger partial charge in [-0.2, -0.15) is 0 Å². The monoisotopic (exact) mass is 286 g/mol. The molecule has 0 bridgehead atoms. The predicted molar refractivity (Wildman–Crippen MR) is 101 cm³/mol. The SMILES string of the molecule is C=C/C=C(C)/C(=C/C=C/C)C1=CC=CCC1.CC.CCC. The minimum Gasteiger partial charge on any atom is -0.0991 e. The first-order chi connectivity index (χ1) is 10.2. The minimum absolute atomic E-state index is 1.13. The van der Waals surface area contributed by atoms with Crippen molar-refractivity contribution in [2.75, 3.05) is 0 Å². The van der Waals surface area contributed by atoms with E-state index in [2.05, 4.69) is 69.9 Å². The molecule has 0 nitrogen and oxygen atoms in total. The third-order valence-electron chi connectivity index (χ3n) is 2.61. The molecule has 0 fully saturated rings. The maximum Gasteiger partial charge on any atom is -0.0195 e. The maximum absolute atomic E-state index is 3.75. The van der Waals surface area contributed by atoms with Crippen LogP contribution in [-0.4, -0.2) is 0 Å². The zero-order chi connectivity index (χ0) is 16.5. The summed E-state index contributed by atoms with van der Waals surface area (Å²) in [5.41, 5.74) is 4.01. The quantitative estimate of drug-likeness (QED) is 0.474. The molecule has 0 saturated carbocycles. The molecule has 0 aromatic heterocycles. The highest BCUT2D eigenvalue weighted by atomic mass is 14.1. The Kier molecular flexibility index (Phi) is 17.1. The molecule has 1 rings (SSSR count). The minimum atomic E-state index is 1.13. The summed E-state index contributed by atoms with van der Waals surface area (Å²) >= 11 is 0. The van der Waals surface area contributed by atoms with Gasteiger partial charge in [-0.3, -0.25) is 0 Å². The van der Waals surface area contributed by atoms with Crippen LogP contribution in [0.3, 0.4) is 0 Å². The largest absolute Gasteiger partial charge is 0.0991 e. The van der Waals surface area contributed by atoms with E-state index in [1.807, 2.05) is 26.8 Å². The van der Waals surface area contributed by atoms with Gasteiger partial charge in [-0.25, -0.2) is 0 Å². The highest BCUT2D eigenvalue weighted by Crippen LogP contribution is 2.26. The molecule has 0 aromatic carbocycles. The molecule has 0 aromatic rings. The first-order valence-corrected chi connectivity index (χ1v) is 8.19. The smallest absolute Gasteiger partial charge is 0.0195 e. The van der Waals surface area contributed by atoms with Crippen LogP contribution in [0.2, 0.25) is 0 Å². The van der Waals surface area contributed by atoms with Crippen LogP contribution >= 0.6 is 0 Å². The van der Waals surface area contributed by atoms with Crippen molar-refractivity contribution < 1.29 is 0 Å². The Morgan fingerprint density at radius 1 is 1.24 bits per heavy atom. The molecule has 1 aliphatic rings. The second kappa shape index (κ2) is 16.5. The van der Waals surface area contributed by atoms with E-state index in [0.29, 0.717) is 0 Å². The van der Waals surface area contributed by atoms with Crippen molar-refractivity contribution in [1.82, 2.24) is 0 Å². The second-order valence-electron chi connectivity index (χ2n) is 4.56. The van der Waals surface area contributed by atoms with Gasteiger partial charge in [0.2, 0.25) is 0 Å². The van der Waals surface area contributed by atoms with Crippen LogP contribution in [0.5, 0.6) is 0 Å². The molecule has 0 saturated heterocycles. The average Bonchev–Trinajstić information content (AvgIpc) is 2.52. The van der Waals surface area contributed by atoms with E-state index in [0.717, 1.165) is 12.8 Å². The van der Waals surface area contributed by atoms with E-state index >= 15 is 0 Å². The van der Waals surface area contributed by atoms with Crippen molar-refractivity contribution in [3.05, 3.63) is 71.9 Å². The van der Waals surface area contributed by atoms with Crippen molar-refractivity contribution in [1.29, 1.82) is 0 Å². The van der Waals surface area contributed by atoms with Gasteiger partial charge in [-0.1, -0.05) is 89.3 Å². The first-order valence-electron chi connectivity index (χ1n) is 8.19. The van der Waals surface area contributed by atoms with Gasteiger partial charge in [0, 0.05) is 0 Å². The summed E-state index contributed by atoms with van der Waals surface area (Å²) in [7, 11) is 0. The van der Waals surface area contributed by atoms with Gasteiger partial charge in [0.15, 0.2) is 0 Å². The van der Waals surface area contributed by atoms with Gasteiger partial charge in [-0.15, -0.1) is 0 Å². The van der Waals surface area contributed by atoms with Gasteiger partial charge >= 0.3 is 0 Å². The topological polar surface area (TPSA) is 0 Å². The maximum atomic E-state index is 3.75. The molecular formula is C21H34. The van der Waals surface area contributed by atoms with Crippen molar-refractivity contribution in [3.8, 4) is 0 Å². The highest BCUT2D eigenvalue weighted by molar-refractivity contribution is 5.50. The number of hydrogen-bond donors (Lipinski definition) is 0. The molecule has 0 spiro atoms. The first kappa shape index (κ1) is 21.7. The predicted octanol–water partition coefficient (Wildman–Crippen LogP) is 7.34.